The molecule has 0 radical (unpaired) electrons. The van der Waals surface area contributed by atoms with Gasteiger partial charge in [0.1, 0.15) is 11.0 Å². The predicted molar refractivity (Wildman–Crippen MR) is 64.6 cm³/mol. The minimum atomic E-state index is -0.230. The number of H-pyrrole nitrogens is 1. The molecule has 1 aliphatic heterocycles. The number of alkyl halides is 1. The highest BCUT2D eigenvalue weighted by Crippen LogP contribution is 2.25. The molecule has 0 fully saturated rings. The van der Waals surface area contributed by atoms with Gasteiger partial charge in [0.05, 0.1) is 12.2 Å². The van der Waals surface area contributed by atoms with Gasteiger partial charge in [-0.3, -0.25) is 14.5 Å². The first-order chi connectivity index (χ1) is 7.31. The van der Waals surface area contributed by atoms with Crippen molar-refractivity contribution in [1.82, 2.24) is 19.7 Å². The van der Waals surface area contributed by atoms with E-state index in [1.165, 1.54) is 6.20 Å². The van der Waals surface area contributed by atoms with E-state index in [-0.39, 0.29) is 5.56 Å². The number of hydrogen-bond acceptors (Lipinski definition) is 4. The fraction of sp³-hybridized carbons (Fsp3) is 0.375. The van der Waals surface area contributed by atoms with Gasteiger partial charge in [-0.25, -0.2) is 0 Å². The molecule has 0 spiro atoms. The number of rotatable bonds is 1. The summed E-state index contributed by atoms with van der Waals surface area (Å²) in [5.41, 5.74) is 0.531. The molecule has 0 amide bonds. The number of hydrogen-bond donors (Lipinski definition) is 2. The average Bonchev–Trinajstić information content (AvgIpc) is 2.81. The standard InChI is InChI=1S/C8H8IN5O/c9-1-4-2-10-8-12-7(15)5-3-11-13-6(5)14(4)8/h3-4H,1-2H2,(H,11,13)(H,10,12,15). The molecular formula is C8H8IN5O. The van der Waals surface area contributed by atoms with Crippen LogP contribution in [-0.4, -0.2) is 30.7 Å². The lowest BCUT2D eigenvalue weighted by Gasteiger charge is -2.09. The number of aromatic nitrogens is 4. The second kappa shape index (κ2) is 3.19. The van der Waals surface area contributed by atoms with Crippen molar-refractivity contribution in [3.8, 4) is 0 Å². The molecule has 0 aliphatic carbocycles. The van der Waals surface area contributed by atoms with Crippen molar-refractivity contribution >= 4 is 39.6 Å². The van der Waals surface area contributed by atoms with Crippen LogP contribution in [0.25, 0.3) is 11.0 Å². The fourth-order valence-corrected chi connectivity index (χ4v) is 2.55. The predicted octanol–water partition coefficient (Wildman–Crippen LogP) is 0.521. The number of anilines is 1. The second-order valence-corrected chi connectivity index (χ2v) is 4.31. The van der Waals surface area contributed by atoms with Crippen LogP contribution in [0.1, 0.15) is 6.04 Å². The van der Waals surface area contributed by atoms with Gasteiger partial charge in [0, 0.05) is 11.0 Å². The number of aromatic amines is 1. The third kappa shape index (κ3) is 1.18. The lowest BCUT2D eigenvalue weighted by Crippen LogP contribution is -2.14. The molecule has 78 valence electrons. The van der Waals surface area contributed by atoms with E-state index >= 15 is 0 Å². The Bertz CT molecular complexity index is 574. The Labute approximate surface area is 98.2 Å². The lowest BCUT2D eigenvalue weighted by molar-refractivity contribution is 0.655. The summed E-state index contributed by atoms with van der Waals surface area (Å²) >= 11 is 2.32. The van der Waals surface area contributed by atoms with Crippen LogP contribution in [0.5, 0.6) is 0 Å². The molecule has 0 aromatic carbocycles. The van der Waals surface area contributed by atoms with E-state index in [0.29, 0.717) is 17.4 Å². The zero-order valence-corrected chi connectivity index (χ0v) is 9.85. The zero-order chi connectivity index (χ0) is 10.4. The lowest BCUT2D eigenvalue weighted by atomic mass is 10.3. The molecule has 1 aliphatic rings. The van der Waals surface area contributed by atoms with Crippen molar-refractivity contribution in [3.05, 3.63) is 16.6 Å². The molecule has 0 saturated heterocycles. The van der Waals surface area contributed by atoms with Crippen LogP contribution in [0.15, 0.2) is 11.0 Å². The second-order valence-electron chi connectivity index (χ2n) is 3.43. The largest absolute Gasteiger partial charge is 0.353 e. The Kier molecular flexibility index (Phi) is 1.94. The zero-order valence-electron chi connectivity index (χ0n) is 7.70. The van der Waals surface area contributed by atoms with E-state index in [9.17, 15) is 4.79 Å². The van der Waals surface area contributed by atoms with E-state index in [0.717, 1.165) is 16.6 Å². The molecule has 2 aromatic heterocycles. The van der Waals surface area contributed by atoms with E-state index in [1.807, 2.05) is 4.57 Å². The van der Waals surface area contributed by atoms with Gasteiger partial charge in [0.15, 0.2) is 0 Å². The molecule has 0 bridgehead atoms. The molecule has 7 heteroatoms. The summed E-state index contributed by atoms with van der Waals surface area (Å²) in [7, 11) is 0. The Morgan fingerprint density at radius 3 is 3.33 bits per heavy atom. The van der Waals surface area contributed by atoms with E-state index in [4.69, 9.17) is 0 Å². The Balaban J connectivity index is 2.40. The summed E-state index contributed by atoms with van der Waals surface area (Å²) < 4.78 is 2.98. The van der Waals surface area contributed by atoms with Crippen LogP contribution in [0, 0.1) is 0 Å². The Morgan fingerprint density at radius 1 is 1.67 bits per heavy atom. The number of nitrogens with zero attached hydrogens (tertiary/aromatic N) is 3. The number of nitrogens with one attached hydrogen (secondary N) is 2. The minimum Gasteiger partial charge on any atom is -0.353 e. The van der Waals surface area contributed by atoms with Crippen LogP contribution >= 0.6 is 22.6 Å². The summed E-state index contributed by atoms with van der Waals surface area (Å²) in [6.45, 7) is 0.813. The third-order valence-corrected chi connectivity index (χ3v) is 3.58. The summed E-state index contributed by atoms with van der Waals surface area (Å²) in [6.07, 6.45) is 1.53. The quantitative estimate of drug-likeness (QED) is 0.594. The summed E-state index contributed by atoms with van der Waals surface area (Å²) in [4.78, 5) is 15.6. The molecule has 3 rings (SSSR count). The third-order valence-electron chi connectivity index (χ3n) is 2.57. The van der Waals surface area contributed by atoms with E-state index in [1.54, 1.807) is 0 Å². The van der Waals surface area contributed by atoms with E-state index < -0.39 is 0 Å². The maximum atomic E-state index is 11.6. The first kappa shape index (κ1) is 9.13. The SMILES string of the molecule is O=c1nc2n(c3[nH]ncc13)C(CI)CN2. The van der Waals surface area contributed by atoms with Gasteiger partial charge < -0.3 is 5.32 Å². The van der Waals surface area contributed by atoms with Crippen LogP contribution in [0.3, 0.4) is 0 Å². The van der Waals surface area contributed by atoms with Crippen LogP contribution in [0.2, 0.25) is 0 Å². The molecule has 2 N–H and O–H groups in total. The number of halogens is 1. The minimum absolute atomic E-state index is 0.230. The molecular weight excluding hydrogens is 309 g/mol. The normalized spacial score (nSPS) is 19.1. The first-order valence-electron chi connectivity index (χ1n) is 4.56. The van der Waals surface area contributed by atoms with Crippen molar-refractivity contribution in [3.63, 3.8) is 0 Å². The average molecular weight is 317 g/mol. The highest BCUT2D eigenvalue weighted by molar-refractivity contribution is 14.1. The smallest absolute Gasteiger partial charge is 0.285 e. The van der Waals surface area contributed by atoms with Gasteiger partial charge in [-0.2, -0.15) is 10.1 Å². The van der Waals surface area contributed by atoms with Gasteiger partial charge in [-0.05, 0) is 0 Å². The molecule has 15 heavy (non-hydrogen) atoms. The highest BCUT2D eigenvalue weighted by Gasteiger charge is 2.24. The number of fused-ring (bicyclic) bond motifs is 3. The summed E-state index contributed by atoms with van der Waals surface area (Å²) in [6, 6.07) is 0.330. The van der Waals surface area contributed by atoms with Crippen molar-refractivity contribution in [2.24, 2.45) is 0 Å². The summed E-state index contributed by atoms with van der Waals surface area (Å²) in [5.74, 6) is 0.637. The van der Waals surface area contributed by atoms with Gasteiger partial charge in [0.25, 0.3) is 5.56 Å². The molecule has 6 nitrogen and oxygen atoms in total. The van der Waals surface area contributed by atoms with Crippen LogP contribution < -0.4 is 10.9 Å². The monoisotopic (exact) mass is 317 g/mol. The maximum absolute atomic E-state index is 11.6. The van der Waals surface area contributed by atoms with Gasteiger partial charge in [-0.15, -0.1) is 0 Å². The van der Waals surface area contributed by atoms with Crippen molar-refractivity contribution < 1.29 is 0 Å². The van der Waals surface area contributed by atoms with Crippen LogP contribution in [0.4, 0.5) is 5.95 Å². The van der Waals surface area contributed by atoms with Gasteiger partial charge in [0.2, 0.25) is 5.95 Å². The van der Waals surface area contributed by atoms with Gasteiger partial charge >= 0.3 is 0 Å². The molecule has 1 unspecified atom stereocenters. The van der Waals surface area contributed by atoms with Crippen molar-refractivity contribution in [1.29, 1.82) is 0 Å². The maximum Gasteiger partial charge on any atom is 0.285 e. The molecule has 0 saturated carbocycles. The Hall–Kier alpha value is -1.12. The van der Waals surface area contributed by atoms with Crippen molar-refractivity contribution in [2.45, 2.75) is 6.04 Å². The summed E-state index contributed by atoms with van der Waals surface area (Å²) in [5, 5.41) is 10.4. The molecule has 2 aromatic rings. The fourth-order valence-electron chi connectivity index (χ4n) is 1.84. The van der Waals surface area contributed by atoms with Crippen molar-refractivity contribution in [2.75, 3.05) is 16.3 Å². The molecule has 3 heterocycles. The van der Waals surface area contributed by atoms with Gasteiger partial charge in [-0.1, -0.05) is 22.6 Å². The highest BCUT2D eigenvalue weighted by atomic mass is 127. The van der Waals surface area contributed by atoms with Crippen LogP contribution in [-0.2, 0) is 0 Å². The topological polar surface area (TPSA) is 75.6 Å². The first-order valence-corrected chi connectivity index (χ1v) is 6.09. The van der Waals surface area contributed by atoms with E-state index in [2.05, 4.69) is 43.1 Å². The Morgan fingerprint density at radius 2 is 2.53 bits per heavy atom. The molecule has 1 atom stereocenters.